The van der Waals surface area contributed by atoms with Gasteiger partial charge in [-0.25, -0.2) is 4.98 Å². The fourth-order valence-corrected chi connectivity index (χ4v) is 3.76. The van der Waals surface area contributed by atoms with Gasteiger partial charge in [0.2, 0.25) is 0 Å². The van der Waals surface area contributed by atoms with Crippen LogP contribution in [0.5, 0.6) is 0 Å². The molecule has 0 aromatic carbocycles. The summed E-state index contributed by atoms with van der Waals surface area (Å²) < 4.78 is 4.36. The van der Waals surface area contributed by atoms with Crippen LogP contribution in [0.2, 0.25) is 0 Å². The number of hydrogen-bond donors (Lipinski definition) is 1. The van der Waals surface area contributed by atoms with Gasteiger partial charge in [-0.2, -0.15) is 0 Å². The number of hydrogen-bond acceptors (Lipinski definition) is 5. The molecule has 2 aromatic rings. The van der Waals surface area contributed by atoms with Crippen molar-refractivity contribution < 1.29 is 0 Å². The smallest absolute Gasteiger partial charge is 0.190 e. The minimum Gasteiger partial charge on any atom is -0.335 e. The van der Waals surface area contributed by atoms with Crippen molar-refractivity contribution in [3.63, 3.8) is 0 Å². The summed E-state index contributed by atoms with van der Waals surface area (Å²) in [5.41, 5.74) is 0. The number of piperidine rings is 1. The number of thioether (sulfide) groups is 1. The largest absolute Gasteiger partial charge is 0.335 e. The highest BCUT2D eigenvalue weighted by Gasteiger charge is 2.21. The van der Waals surface area contributed by atoms with E-state index in [0.29, 0.717) is 5.92 Å². The highest BCUT2D eigenvalue weighted by molar-refractivity contribution is 7.99. The molecule has 0 unspecified atom stereocenters. The minimum absolute atomic E-state index is 0.509. The third-order valence-electron chi connectivity index (χ3n) is 4.23. The van der Waals surface area contributed by atoms with Gasteiger partial charge in [0.15, 0.2) is 5.16 Å². The first-order chi connectivity index (χ1) is 10.8. The van der Waals surface area contributed by atoms with Crippen LogP contribution in [-0.2, 0) is 13.6 Å². The van der Waals surface area contributed by atoms with Crippen LogP contribution in [0.1, 0.15) is 36.8 Å². The molecule has 6 nitrogen and oxygen atoms in total. The molecular formula is C15H24N6S. The first-order valence-corrected chi connectivity index (χ1v) is 8.95. The number of rotatable bonds is 6. The minimum atomic E-state index is 0.509. The van der Waals surface area contributed by atoms with Crippen LogP contribution >= 0.6 is 11.8 Å². The Balaban J connectivity index is 1.50. The molecule has 1 saturated heterocycles. The maximum Gasteiger partial charge on any atom is 0.190 e. The van der Waals surface area contributed by atoms with E-state index in [1.165, 1.54) is 12.8 Å². The molecule has 1 fully saturated rings. The zero-order valence-corrected chi connectivity index (χ0v) is 14.1. The fourth-order valence-electron chi connectivity index (χ4n) is 2.92. The Kier molecular flexibility index (Phi) is 5.15. The normalized spacial score (nSPS) is 18.7. The molecule has 7 heteroatoms. The Morgan fingerprint density at radius 2 is 2.32 bits per heavy atom. The predicted molar refractivity (Wildman–Crippen MR) is 88.2 cm³/mol. The summed E-state index contributed by atoms with van der Waals surface area (Å²) in [5, 5.41) is 13.3. The number of imidazole rings is 1. The predicted octanol–water partition coefficient (Wildman–Crippen LogP) is 1.97. The second kappa shape index (κ2) is 7.28. The summed E-state index contributed by atoms with van der Waals surface area (Å²) in [4.78, 5) is 4.25. The summed E-state index contributed by atoms with van der Waals surface area (Å²) in [6.07, 6.45) is 7.44. The SMILES string of the molecule is Cc1nccn1CCCSc1nnc([C@@H]2CCCNC2)n1C. The Labute approximate surface area is 135 Å². The highest BCUT2D eigenvalue weighted by Crippen LogP contribution is 2.25. The number of nitrogens with zero attached hydrogens (tertiary/aromatic N) is 5. The monoisotopic (exact) mass is 320 g/mol. The average Bonchev–Trinajstić information content (AvgIpc) is 3.11. The van der Waals surface area contributed by atoms with E-state index in [1.54, 1.807) is 11.8 Å². The molecule has 1 aliphatic heterocycles. The van der Waals surface area contributed by atoms with Crippen molar-refractivity contribution in [3.8, 4) is 0 Å². The van der Waals surface area contributed by atoms with E-state index in [1.807, 2.05) is 19.3 Å². The molecule has 3 rings (SSSR count). The fraction of sp³-hybridized carbons (Fsp3) is 0.667. The Morgan fingerprint density at radius 1 is 1.41 bits per heavy atom. The molecule has 1 N–H and O–H groups in total. The quantitative estimate of drug-likeness (QED) is 0.651. The topological polar surface area (TPSA) is 60.6 Å². The van der Waals surface area contributed by atoms with E-state index >= 15 is 0 Å². The molecular weight excluding hydrogens is 296 g/mol. The van der Waals surface area contributed by atoms with Crippen molar-refractivity contribution in [1.29, 1.82) is 0 Å². The summed E-state index contributed by atoms with van der Waals surface area (Å²) in [7, 11) is 2.09. The lowest BCUT2D eigenvalue weighted by Gasteiger charge is -2.21. The van der Waals surface area contributed by atoms with E-state index in [9.17, 15) is 0 Å². The Morgan fingerprint density at radius 3 is 3.05 bits per heavy atom. The highest BCUT2D eigenvalue weighted by atomic mass is 32.2. The van der Waals surface area contributed by atoms with Gasteiger partial charge in [0, 0.05) is 44.2 Å². The zero-order valence-electron chi connectivity index (χ0n) is 13.3. The molecule has 3 heterocycles. The van der Waals surface area contributed by atoms with Crippen LogP contribution in [0.15, 0.2) is 17.6 Å². The lowest BCUT2D eigenvalue weighted by atomic mass is 9.99. The second-order valence-corrected chi connectivity index (χ2v) is 6.88. The van der Waals surface area contributed by atoms with Crippen molar-refractivity contribution in [2.75, 3.05) is 18.8 Å². The van der Waals surface area contributed by atoms with Gasteiger partial charge in [-0.3, -0.25) is 0 Å². The average molecular weight is 320 g/mol. The Bertz CT molecular complexity index is 599. The van der Waals surface area contributed by atoms with Crippen molar-refractivity contribution in [3.05, 3.63) is 24.0 Å². The van der Waals surface area contributed by atoms with Gasteiger partial charge in [-0.15, -0.1) is 10.2 Å². The maximum atomic E-state index is 4.42. The molecule has 0 saturated carbocycles. The van der Waals surface area contributed by atoms with Crippen LogP contribution in [0, 0.1) is 6.92 Å². The second-order valence-electron chi connectivity index (χ2n) is 5.81. The van der Waals surface area contributed by atoms with E-state index in [0.717, 1.165) is 48.6 Å². The third kappa shape index (κ3) is 3.52. The third-order valence-corrected chi connectivity index (χ3v) is 5.34. The van der Waals surface area contributed by atoms with E-state index in [2.05, 4.69) is 36.7 Å². The lowest BCUT2D eigenvalue weighted by Crippen LogP contribution is -2.29. The molecule has 1 atom stereocenters. The Hall–Kier alpha value is -1.34. The number of aromatic nitrogens is 5. The molecule has 120 valence electrons. The van der Waals surface area contributed by atoms with Gasteiger partial charge in [0.25, 0.3) is 0 Å². The van der Waals surface area contributed by atoms with Crippen LogP contribution in [0.4, 0.5) is 0 Å². The summed E-state index contributed by atoms with van der Waals surface area (Å²) in [6, 6.07) is 0. The van der Waals surface area contributed by atoms with Gasteiger partial charge in [0.1, 0.15) is 11.6 Å². The molecule has 0 amide bonds. The van der Waals surface area contributed by atoms with Gasteiger partial charge >= 0.3 is 0 Å². The van der Waals surface area contributed by atoms with Crippen molar-refractivity contribution in [2.45, 2.75) is 43.8 Å². The molecule has 1 aliphatic rings. The molecule has 0 spiro atoms. The number of aryl methyl sites for hydroxylation is 2. The summed E-state index contributed by atoms with van der Waals surface area (Å²) >= 11 is 1.79. The first kappa shape index (κ1) is 15.6. The standard InChI is InChI=1S/C15H24N6S/c1-12-17-7-9-21(12)8-4-10-22-15-19-18-14(20(15)2)13-5-3-6-16-11-13/h7,9,13,16H,3-6,8,10-11H2,1-2H3/t13-/m1/s1. The molecule has 0 bridgehead atoms. The van der Waals surface area contributed by atoms with Gasteiger partial charge in [-0.1, -0.05) is 11.8 Å². The lowest BCUT2D eigenvalue weighted by molar-refractivity contribution is 0.436. The van der Waals surface area contributed by atoms with E-state index < -0.39 is 0 Å². The number of nitrogens with one attached hydrogen (secondary N) is 1. The van der Waals surface area contributed by atoms with Crippen LogP contribution in [-0.4, -0.2) is 43.2 Å². The van der Waals surface area contributed by atoms with E-state index in [-0.39, 0.29) is 0 Å². The van der Waals surface area contributed by atoms with Crippen LogP contribution < -0.4 is 5.32 Å². The summed E-state index contributed by atoms with van der Waals surface area (Å²) in [6.45, 7) is 5.20. The molecule has 0 radical (unpaired) electrons. The van der Waals surface area contributed by atoms with Gasteiger partial charge in [0.05, 0.1) is 0 Å². The van der Waals surface area contributed by atoms with E-state index in [4.69, 9.17) is 0 Å². The maximum absolute atomic E-state index is 4.42. The first-order valence-electron chi connectivity index (χ1n) is 7.96. The van der Waals surface area contributed by atoms with Crippen molar-refractivity contribution in [2.24, 2.45) is 7.05 Å². The van der Waals surface area contributed by atoms with Crippen LogP contribution in [0.25, 0.3) is 0 Å². The summed E-state index contributed by atoms with van der Waals surface area (Å²) in [5.74, 6) is 3.76. The molecule has 22 heavy (non-hydrogen) atoms. The van der Waals surface area contributed by atoms with Crippen LogP contribution in [0.3, 0.4) is 0 Å². The molecule has 0 aliphatic carbocycles. The molecule has 2 aromatic heterocycles. The van der Waals surface area contributed by atoms with Crippen molar-refractivity contribution in [1.82, 2.24) is 29.6 Å². The van der Waals surface area contributed by atoms with Gasteiger partial charge < -0.3 is 14.5 Å². The van der Waals surface area contributed by atoms with Crippen molar-refractivity contribution >= 4 is 11.8 Å². The van der Waals surface area contributed by atoms with Gasteiger partial charge in [-0.05, 0) is 32.7 Å². The zero-order chi connectivity index (χ0) is 15.4.